The molecular weight excluding hydrogens is 320 g/mol. The van der Waals surface area contributed by atoms with E-state index in [-0.39, 0.29) is 12.9 Å². The van der Waals surface area contributed by atoms with E-state index < -0.39 is 0 Å². The van der Waals surface area contributed by atoms with Gasteiger partial charge in [-0.25, -0.2) is 4.98 Å². The molecule has 0 spiro atoms. The molecule has 4 rings (SSSR count). The van der Waals surface area contributed by atoms with E-state index in [9.17, 15) is 5.11 Å². The molecule has 1 fully saturated rings. The zero-order valence-corrected chi connectivity index (χ0v) is 14.2. The fraction of sp³-hybridized carbons (Fsp3) is 0.444. The van der Waals surface area contributed by atoms with Crippen molar-refractivity contribution in [2.24, 2.45) is 0 Å². The maximum atomic E-state index is 9.62. The van der Waals surface area contributed by atoms with Gasteiger partial charge in [0.05, 0.1) is 6.10 Å². The number of hydrogen-bond donors (Lipinski definition) is 3. The van der Waals surface area contributed by atoms with Gasteiger partial charge in [-0.3, -0.25) is 0 Å². The first-order valence-corrected chi connectivity index (χ1v) is 8.63. The third kappa shape index (κ3) is 3.76. The van der Waals surface area contributed by atoms with E-state index in [0.717, 1.165) is 54.4 Å². The first-order chi connectivity index (χ1) is 12.2. The average molecular weight is 342 g/mol. The molecule has 3 N–H and O–H groups in total. The Kier molecular flexibility index (Phi) is 4.31. The quantitative estimate of drug-likeness (QED) is 0.787. The molecule has 0 saturated heterocycles. The van der Waals surface area contributed by atoms with E-state index in [0.29, 0.717) is 12.0 Å². The summed E-state index contributed by atoms with van der Waals surface area (Å²) in [4.78, 5) is 9.04. The Morgan fingerprint density at radius 3 is 2.68 bits per heavy atom. The number of fused-ring (bicyclic) bond motifs is 1. The molecule has 0 atom stereocenters. The Balaban J connectivity index is 1.47. The Labute approximate surface area is 146 Å². The summed E-state index contributed by atoms with van der Waals surface area (Å²) in [6, 6.07) is 7.92. The molecule has 1 aromatic carbocycles. The second-order valence-corrected chi connectivity index (χ2v) is 6.56. The molecule has 0 radical (unpaired) electrons. The van der Waals surface area contributed by atoms with Crippen LogP contribution in [0.2, 0.25) is 0 Å². The van der Waals surface area contributed by atoms with Crippen LogP contribution in [0.5, 0.6) is 11.5 Å². The number of hydrogen-bond acceptors (Lipinski definition) is 7. The number of aryl methyl sites for hydroxylation is 1. The Hall–Kier alpha value is -2.54. The molecular formula is C18H22N4O3. The van der Waals surface area contributed by atoms with Gasteiger partial charge in [-0.2, -0.15) is 4.98 Å². The van der Waals surface area contributed by atoms with Crippen LogP contribution < -0.4 is 20.1 Å². The topological polar surface area (TPSA) is 88.5 Å². The molecule has 0 amide bonds. The second-order valence-electron chi connectivity index (χ2n) is 6.56. The van der Waals surface area contributed by atoms with Gasteiger partial charge in [0, 0.05) is 29.6 Å². The summed E-state index contributed by atoms with van der Waals surface area (Å²) in [5.41, 5.74) is 1.77. The normalized spacial score (nSPS) is 21.8. The van der Waals surface area contributed by atoms with Gasteiger partial charge in [-0.05, 0) is 44.7 Å². The molecule has 132 valence electrons. The van der Waals surface area contributed by atoms with Crippen molar-refractivity contribution >= 4 is 17.5 Å². The molecule has 7 nitrogen and oxygen atoms in total. The van der Waals surface area contributed by atoms with Crippen molar-refractivity contribution in [3.8, 4) is 11.5 Å². The SMILES string of the molecule is Cc1cc(Nc2ccc3c(c2)OCO3)nc(NC2CCC(O)CC2)n1. The summed E-state index contributed by atoms with van der Waals surface area (Å²) in [6.07, 6.45) is 3.35. The van der Waals surface area contributed by atoms with E-state index in [1.807, 2.05) is 31.2 Å². The highest BCUT2D eigenvalue weighted by Gasteiger charge is 2.20. The van der Waals surface area contributed by atoms with Crippen LogP contribution in [0.25, 0.3) is 0 Å². The molecule has 1 aliphatic carbocycles. The van der Waals surface area contributed by atoms with Crippen LogP contribution in [-0.4, -0.2) is 34.0 Å². The number of rotatable bonds is 4. The largest absolute Gasteiger partial charge is 0.454 e. The van der Waals surface area contributed by atoms with Crippen LogP contribution in [-0.2, 0) is 0 Å². The minimum absolute atomic E-state index is 0.167. The third-order valence-electron chi connectivity index (χ3n) is 4.53. The zero-order valence-electron chi connectivity index (χ0n) is 14.2. The molecule has 2 heterocycles. The molecule has 7 heteroatoms. The van der Waals surface area contributed by atoms with Crippen LogP contribution in [0.1, 0.15) is 31.4 Å². The predicted octanol–water partition coefficient (Wildman–Crippen LogP) is 2.97. The first kappa shape index (κ1) is 16.0. The highest BCUT2D eigenvalue weighted by Crippen LogP contribution is 2.35. The Morgan fingerprint density at radius 2 is 1.84 bits per heavy atom. The molecule has 25 heavy (non-hydrogen) atoms. The highest BCUT2D eigenvalue weighted by molar-refractivity contribution is 5.62. The maximum absolute atomic E-state index is 9.62. The Bertz CT molecular complexity index is 760. The molecule has 2 aromatic rings. The fourth-order valence-corrected chi connectivity index (χ4v) is 3.22. The van der Waals surface area contributed by atoms with E-state index in [1.165, 1.54) is 0 Å². The van der Waals surface area contributed by atoms with E-state index in [2.05, 4.69) is 20.6 Å². The summed E-state index contributed by atoms with van der Waals surface area (Å²) < 4.78 is 10.7. The van der Waals surface area contributed by atoms with E-state index in [4.69, 9.17) is 9.47 Å². The van der Waals surface area contributed by atoms with E-state index >= 15 is 0 Å². The predicted molar refractivity (Wildman–Crippen MR) is 94.5 cm³/mol. The number of aliphatic hydroxyl groups excluding tert-OH is 1. The number of nitrogens with one attached hydrogen (secondary N) is 2. The lowest BCUT2D eigenvalue weighted by molar-refractivity contribution is 0.126. The van der Waals surface area contributed by atoms with Gasteiger partial charge in [0.15, 0.2) is 11.5 Å². The maximum Gasteiger partial charge on any atom is 0.231 e. The van der Waals surface area contributed by atoms with Crippen LogP contribution in [0, 0.1) is 6.92 Å². The lowest BCUT2D eigenvalue weighted by Crippen LogP contribution is -2.29. The lowest BCUT2D eigenvalue weighted by Gasteiger charge is -2.26. The second kappa shape index (κ2) is 6.76. The van der Waals surface area contributed by atoms with Crippen molar-refractivity contribution in [2.45, 2.75) is 44.8 Å². The summed E-state index contributed by atoms with van der Waals surface area (Å²) in [6.45, 7) is 2.21. The van der Waals surface area contributed by atoms with Crippen molar-refractivity contribution in [3.05, 3.63) is 30.0 Å². The van der Waals surface area contributed by atoms with Crippen molar-refractivity contribution in [3.63, 3.8) is 0 Å². The van der Waals surface area contributed by atoms with Crippen LogP contribution in [0.15, 0.2) is 24.3 Å². The van der Waals surface area contributed by atoms with Gasteiger partial charge in [0.1, 0.15) is 5.82 Å². The van der Waals surface area contributed by atoms with Gasteiger partial charge >= 0.3 is 0 Å². The number of nitrogens with zero attached hydrogens (tertiary/aromatic N) is 2. The lowest BCUT2D eigenvalue weighted by atomic mass is 9.93. The number of anilines is 3. The van der Waals surface area contributed by atoms with Crippen molar-refractivity contribution in [1.29, 1.82) is 0 Å². The molecule has 1 saturated carbocycles. The van der Waals surface area contributed by atoms with Crippen LogP contribution >= 0.6 is 0 Å². The van der Waals surface area contributed by atoms with Crippen molar-refractivity contribution in [1.82, 2.24) is 9.97 Å². The highest BCUT2D eigenvalue weighted by atomic mass is 16.7. The van der Waals surface area contributed by atoms with Gasteiger partial charge in [0.2, 0.25) is 12.7 Å². The van der Waals surface area contributed by atoms with Gasteiger partial charge in [-0.1, -0.05) is 0 Å². The molecule has 0 unspecified atom stereocenters. The number of aliphatic hydroxyl groups is 1. The fourth-order valence-electron chi connectivity index (χ4n) is 3.22. The van der Waals surface area contributed by atoms with Crippen molar-refractivity contribution in [2.75, 3.05) is 17.4 Å². The number of aromatic nitrogens is 2. The average Bonchev–Trinajstić information content (AvgIpc) is 3.04. The smallest absolute Gasteiger partial charge is 0.231 e. The monoisotopic (exact) mass is 342 g/mol. The molecule has 0 bridgehead atoms. The van der Waals surface area contributed by atoms with Crippen LogP contribution in [0.4, 0.5) is 17.5 Å². The van der Waals surface area contributed by atoms with Gasteiger partial charge in [-0.15, -0.1) is 0 Å². The summed E-state index contributed by atoms with van der Waals surface area (Å²) in [5.74, 6) is 2.83. The number of benzene rings is 1. The zero-order chi connectivity index (χ0) is 17.2. The minimum Gasteiger partial charge on any atom is -0.454 e. The summed E-state index contributed by atoms with van der Waals surface area (Å²) >= 11 is 0. The molecule has 2 aliphatic rings. The van der Waals surface area contributed by atoms with Gasteiger partial charge < -0.3 is 25.2 Å². The summed E-state index contributed by atoms with van der Waals surface area (Å²) in [5, 5.41) is 16.3. The van der Waals surface area contributed by atoms with Crippen LogP contribution in [0.3, 0.4) is 0 Å². The molecule has 1 aliphatic heterocycles. The number of ether oxygens (including phenoxy) is 2. The first-order valence-electron chi connectivity index (χ1n) is 8.63. The van der Waals surface area contributed by atoms with E-state index in [1.54, 1.807) is 0 Å². The minimum atomic E-state index is -0.167. The standard InChI is InChI=1S/C18H22N4O3/c1-11-8-17(20-13-4-7-15-16(9-13)25-10-24-15)22-18(19-11)21-12-2-5-14(23)6-3-12/h4,7-9,12,14,23H,2-3,5-6,10H2,1H3,(H2,19,20,21,22). The Morgan fingerprint density at radius 1 is 1.04 bits per heavy atom. The third-order valence-corrected chi connectivity index (χ3v) is 4.53. The van der Waals surface area contributed by atoms with Gasteiger partial charge in [0.25, 0.3) is 0 Å². The van der Waals surface area contributed by atoms with Crippen molar-refractivity contribution < 1.29 is 14.6 Å². The summed E-state index contributed by atoms with van der Waals surface area (Å²) in [7, 11) is 0. The molecule has 1 aromatic heterocycles.